The lowest BCUT2D eigenvalue weighted by Crippen LogP contribution is -2.35. The van der Waals surface area contributed by atoms with Crippen LogP contribution in [0, 0.1) is 14.9 Å². The van der Waals surface area contributed by atoms with E-state index in [2.05, 4.69) is 26.1 Å². The maximum absolute atomic E-state index is 11.0. The number of nitro benzene ring substituents is 1. The van der Waals surface area contributed by atoms with Gasteiger partial charge in [-0.15, -0.1) is 0 Å². The summed E-state index contributed by atoms with van der Waals surface area (Å²) < 4.78 is 1.82. The van der Waals surface area contributed by atoms with Crippen molar-refractivity contribution in [2.45, 2.75) is 0 Å². The highest BCUT2D eigenvalue weighted by molar-refractivity contribution is 7.80. The Morgan fingerprint density at radius 3 is 2.29 bits per heavy atom. The Morgan fingerprint density at radius 1 is 0.971 bits per heavy atom. The molecule has 0 aliphatic rings. The molecule has 1 heterocycles. The molecule has 0 bridgehead atoms. The van der Waals surface area contributed by atoms with Crippen molar-refractivity contribution in [1.82, 2.24) is 20.0 Å². The smallest absolute Gasteiger partial charge is 0.269 e. The number of nitro groups is 1. The van der Waals surface area contributed by atoms with Crippen LogP contribution in [0.4, 0.5) is 17.3 Å². The molecule has 3 N–H and O–H groups in total. The number of para-hydroxylation sites is 1. The number of anilines is 2. The summed E-state index contributed by atoms with van der Waals surface area (Å²) in [5.74, 6) is 0.587. The number of aromatic nitrogens is 3. The zero-order valence-corrected chi connectivity index (χ0v) is 19.7. The maximum Gasteiger partial charge on any atom is 0.269 e. The van der Waals surface area contributed by atoms with Crippen LogP contribution in [0.1, 0.15) is 0 Å². The first kappa shape index (κ1) is 23.2. The molecule has 0 saturated heterocycles. The summed E-state index contributed by atoms with van der Waals surface area (Å²) in [7, 11) is 0. The van der Waals surface area contributed by atoms with Crippen LogP contribution < -0.4 is 16.2 Å². The van der Waals surface area contributed by atoms with Gasteiger partial charge in [0.2, 0.25) is 10.7 Å². The Hall–Kier alpha value is -3.93. The van der Waals surface area contributed by atoms with Gasteiger partial charge in [-0.3, -0.25) is 25.5 Å². The standard InChI is InChI=1S/C22H16ClN7O2S2/c23-15-8-12-17(13-9-15)29-20(27-28-21(33)24-16-4-2-1-3-5-16)25-19(26-22(29)34)14-6-10-18(11-7-14)30(31)32/h1-13H,(H2,24,28,33)(H,25,26,27,34). The zero-order valence-electron chi connectivity index (χ0n) is 17.3. The topological polar surface area (TPSA) is 110 Å². The minimum absolute atomic E-state index is 0.0353. The zero-order chi connectivity index (χ0) is 24.1. The van der Waals surface area contributed by atoms with Crippen LogP contribution in [0.15, 0.2) is 78.9 Å². The number of nitrogens with zero attached hydrogens (tertiary/aromatic N) is 4. The van der Waals surface area contributed by atoms with Crippen molar-refractivity contribution < 1.29 is 4.92 Å². The largest absolute Gasteiger partial charge is 0.331 e. The summed E-state index contributed by atoms with van der Waals surface area (Å²) in [4.78, 5) is 19.5. The summed E-state index contributed by atoms with van der Waals surface area (Å²) in [6, 6.07) is 22.3. The van der Waals surface area contributed by atoms with Crippen LogP contribution >= 0.6 is 36.0 Å². The summed E-state index contributed by atoms with van der Waals surface area (Å²) in [5, 5.41) is 14.9. The predicted molar refractivity (Wildman–Crippen MR) is 139 cm³/mol. The van der Waals surface area contributed by atoms with Gasteiger partial charge in [0.25, 0.3) is 5.69 Å². The van der Waals surface area contributed by atoms with E-state index in [1.54, 1.807) is 41.0 Å². The highest BCUT2D eigenvalue weighted by Crippen LogP contribution is 2.23. The Labute approximate surface area is 209 Å². The number of hydrogen-bond donors (Lipinski definition) is 3. The molecule has 3 aromatic carbocycles. The fourth-order valence-electron chi connectivity index (χ4n) is 2.97. The summed E-state index contributed by atoms with van der Waals surface area (Å²) in [6.45, 7) is 0. The van der Waals surface area contributed by atoms with Crippen LogP contribution in [0.3, 0.4) is 0 Å². The van der Waals surface area contributed by atoms with E-state index in [-0.39, 0.29) is 16.3 Å². The van der Waals surface area contributed by atoms with Gasteiger partial charge in [0.05, 0.1) is 10.6 Å². The molecular weight excluding hydrogens is 494 g/mol. The third kappa shape index (κ3) is 5.52. The molecule has 34 heavy (non-hydrogen) atoms. The highest BCUT2D eigenvalue weighted by atomic mass is 35.5. The minimum atomic E-state index is -0.472. The molecule has 0 saturated carbocycles. The molecule has 12 heteroatoms. The molecule has 0 radical (unpaired) electrons. The molecular formula is C22H16ClN7O2S2. The summed E-state index contributed by atoms with van der Waals surface area (Å²) in [5.41, 5.74) is 7.89. The molecule has 0 atom stereocenters. The lowest BCUT2D eigenvalue weighted by atomic mass is 10.2. The lowest BCUT2D eigenvalue weighted by molar-refractivity contribution is -0.384. The first-order chi connectivity index (χ1) is 16.4. The van der Waals surface area contributed by atoms with Crippen molar-refractivity contribution in [1.29, 1.82) is 0 Å². The van der Waals surface area contributed by atoms with Gasteiger partial charge < -0.3 is 5.32 Å². The minimum Gasteiger partial charge on any atom is -0.331 e. The van der Waals surface area contributed by atoms with Crippen LogP contribution in [-0.4, -0.2) is 24.6 Å². The van der Waals surface area contributed by atoms with Gasteiger partial charge in [-0.25, -0.2) is 0 Å². The van der Waals surface area contributed by atoms with E-state index < -0.39 is 4.92 Å². The number of rotatable bonds is 6. The molecule has 0 aliphatic heterocycles. The van der Waals surface area contributed by atoms with Crippen molar-refractivity contribution in [2.24, 2.45) is 0 Å². The van der Waals surface area contributed by atoms with E-state index in [9.17, 15) is 10.1 Å². The van der Waals surface area contributed by atoms with Crippen molar-refractivity contribution in [3.63, 3.8) is 0 Å². The van der Waals surface area contributed by atoms with E-state index in [0.717, 1.165) is 5.69 Å². The van der Waals surface area contributed by atoms with Crippen molar-refractivity contribution in [2.75, 3.05) is 10.7 Å². The van der Waals surface area contributed by atoms with E-state index in [1.165, 1.54) is 12.1 Å². The van der Waals surface area contributed by atoms with Crippen molar-refractivity contribution in [3.05, 3.63) is 98.8 Å². The van der Waals surface area contributed by atoms with Gasteiger partial charge in [-0.2, -0.15) is 9.97 Å². The van der Waals surface area contributed by atoms with Gasteiger partial charge in [-0.1, -0.05) is 29.8 Å². The average Bonchev–Trinajstić information content (AvgIpc) is 2.84. The Balaban J connectivity index is 1.68. The predicted octanol–water partition coefficient (Wildman–Crippen LogP) is 5.54. The molecule has 170 valence electrons. The van der Waals surface area contributed by atoms with Crippen LogP contribution in [-0.2, 0) is 0 Å². The molecule has 0 unspecified atom stereocenters. The Kier molecular flexibility index (Phi) is 7.07. The second-order valence-corrected chi connectivity index (χ2v) is 8.05. The SMILES string of the molecule is O=[N+]([O-])c1ccc(-c2nc(NNC(=S)Nc3ccccc3)n(-c3ccc(Cl)cc3)c(=S)n2)cc1. The first-order valence-electron chi connectivity index (χ1n) is 9.80. The Morgan fingerprint density at radius 2 is 1.65 bits per heavy atom. The Bertz CT molecular complexity index is 1400. The van der Waals surface area contributed by atoms with Crippen molar-refractivity contribution in [3.8, 4) is 17.1 Å². The van der Waals surface area contributed by atoms with Gasteiger partial charge >= 0.3 is 0 Å². The maximum atomic E-state index is 11.0. The molecule has 1 aromatic heterocycles. The lowest BCUT2D eigenvalue weighted by Gasteiger charge is -2.17. The van der Waals surface area contributed by atoms with Crippen LogP contribution in [0.5, 0.6) is 0 Å². The van der Waals surface area contributed by atoms with Gasteiger partial charge in [-0.05, 0) is 73.0 Å². The third-order valence-electron chi connectivity index (χ3n) is 4.56. The van der Waals surface area contributed by atoms with Crippen LogP contribution in [0.25, 0.3) is 17.1 Å². The van der Waals surface area contributed by atoms with Gasteiger partial charge in [0, 0.05) is 28.4 Å². The summed E-state index contributed by atoms with van der Waals surface area (Å²) in [6.07, 6.45) is 0. The second kappa shape index (κ2) is 10.3. The van der Waals surface area contributed by atoms with E-state index in [4.69, 9.17) is 36.0 Å². The van der Waals surface area contributed by atoms with Crippen molar-refractivity contribution >= 4 is 58.5 Å². The molecule has 4 rings (SSSR count). The molecule has 0 spiro atoms. The molecule has 0 fully saturated rings. The number of non-ortho nitro benzene ring substituents is 1. The number of hydrogen-bond acceptors (Lipinski definition) is 7. The van der Waals surface area contributed by atoms with E-state index in [0.29, 0.717) is 27.3 Å². The first-order valence-corrected chi connectivity index (χ1v) is 11.0. The third-order valence-corrected chi connectivity index (χ3v) is 5.29. The average molecular weight is 510 g/mol. The number of halogens is 1. The van der Waals surface area contributed by atoms with Crippen LogP contribution in [0.2, 0.25) is 5.02 Å². The van der Waals surface area contributed by atoms with E-state index >= 15 is 0 Å². The fraction of sp³-hybridized carbons (Fsp3) is 0. The number of nitrogens with one attached hydrogen (secondary N) is 3. The fourth-order valence-corrected chi connectivity index (χ4v) is 3.54. The quantitative estimate of drug-likeness (QED) is 0.175. The molecule has 9 nitrogen and oxygen atoms in total. The second-order valence-electron chi connectivity index (χ2n) is 6.84. The number of hydrazine groups is 1. The highest BCUT2D eigenvalue weighted by Gasteiger charge is 2.13. The van der Waals surface area contributed by atoms with Gasteiger partial charge in [0.1, 0.15) is 0 Å². The number of benzene rings is 3. The van der Waals surface area contributed by atoms with E-state index in [1.807, 2.05) is 30.3 Å². The molecule has 0 amide bonds. The normalized spacial score (nSPS) is 10.4. The number of thiocarbonyl (C=S) groups is 1. The monoisotopic (exact) mass is 509 g/mol. The molecule has 0 aliphatic carbocycles. The summed E-state index contributed by atoms with van der Waals surface area (Å²) >= 11 is 16.9. The van der Waals surface area contributed by atoms with Gasteiger partial charge in [0.15, 0.2) is 10.9 Å². The molecule has 4 aromatic rings.